The van der Waals surface area contributed by atoms with Crippen LogP contribution in [-0.4, -0.2) is 36.6 Å². The minimum Gasteiger partial charge on any atom is -0.381 e. The fourth-order valence-electron chi connectivity index (χ4n) is 2.69. The first kappa shape index (κ1) is 19.4. The second-order valence-electron chi connectivity index (χ2n) is 7.23. The van der Waals surface area contributed by atoms with E-state index in [1.807, 2.05) is 20.8 Å². The van der Waals surface area contributed by atoms with Gasteiger partial charge in [0.1, 0.15) is 0 Å². The van der Waals surface area contributed by atoms with Crippen molar-refractivity contribution in [2.75, 3.05) is 18.5 Å². The van der Waals surface area contributed by atoms with Crippen molar-refractivity contribution < 1.29 is 14.3 Å². The maximum Gasteiger partial charge on any atom is 0.251 e. The summed E-state index contributed by atoms with van der Waals surface area (Å²) in [6.45, 7) is 7.31. The van der Waals surface area contributed by atoms with Gasteiger partial charge in [0, 0.05) is 30.0 Å². The van der Waals surface area contributed by atoms with Crippen molar-refractivity contribution in [2.45, 2.75) is 51.6 Å². The minimum atomic E-state index is -0.544. The molecule has 0 bridgehead atoms. The predicted octanol–water partition coefficient (Wildman–Crippen LogP) is 2.30. The lowest BCUT2D eigenvalue weighted by Crippen LogP contribution is -2.44. The molecular weight excluding hydrogens is 318 g/mol. The fraction of sp³-hybridized carbons (Fsp3) is 0.579. The summed E-state index contributed by atoms with van der Waals surface area (Å²) in [6.07, 6.45) is 2.46. The molecule has 0 aromatic heterocycles. The summed E-state index contributed by atoms with van der Waals surface area (Å²) in [4.78, 5) is 24.5. The highest BCUT2D eigenvalue weighted by molar-refractivity contribution is 5.97. The topological polar surface area (TPSA) is 93.5 Å². The second kappa shape index (κ2) is 8.45. The zero-order chi connectivity index (χ0) is 18.4. The van der Waals surface area contributed by atoms with E-state index >= 15 is 0 Å². The van der Waals surface area contributed by atoms with Gasteiger partial charge >= 0.3 is 0 Å². The van der Waals surface area contributed by atoms with Crippen LogP contribution in [0.1, 0.15) is 50.4 Å². The van der Waals surface area contributed by atoms with Crippen LogP contribution in [0.15, 0.2) is 24.3 Å². The van der Waals surface area contributed by atoms with E-state index in [9.17, 15) is 9.59 Å². The van der Waals surface area contributed by atoms with Crippen molar-refractivity contribution in [1.29, 1.82) is 0 Å². The summed E-state index contributed by atoms with van der Waals surface area (Å²) < 4.78 is 5.30. The molecule has 138 valence electrons. The molecule has 0 saturated carbocycles. The number of carbonyl (C=O) groups excluding carboxylic acids is 2. The van der Waals surface area contributed by atoms with Gasteiger partial charge in [0.05, 0.1) is 6.04 Å². The molecule has 1 fully saturated rings. The van der Waals surface area contributed by atoms with Gasteiger partial charge in [-0.05, 0) is 63.3 Å². The van der Waals surface area contributed by atoms with Crippen molar-refractivity contribution >= 4 is 17.5 Å². The number of ether oxygens (including phenoxy) is 1. The van der Waals surface area contributed by atoms with Crippen molar-refractivity contribution in [3.05, 3.63) is 29.8 Å². The zero-order valence-corrected chi connectivity index (χ0v) is 15.3. The normalized spacial score (nSPS) is 17.0. The number of benzene rings is 1. The first-order valence-electron chi connectivity index (χ1n) is 8.89. The van der Waals surface area contributed by atoms with Gasteiger partial charge in [-0.15, -0.1) is 0 Å². The van der Waals surface area contributed by atoms with E-state index in [-0.39, 0.29) is 23.3 Å². The number of anilines is 1. The molecule has 6 heteroatoms. The van der Waals surface area contributed by atoms with Crippen LogP contribution in [0.25, 0.3) is 0 Å². The Bertz CT molecular complexity index is 592. The summed E-state index contributed by atoms with van der Waals surface area (Å²) >= 11 is 0. The number of hydrogen-bond acceptors (Lipinski definition) is 4. The van der Waals surface area contributed by atoms with Gasteiger partial charge in [0.25, 0.3) is 5.91 Å². The average Bonchev–Trinajstić information content (AvgIpc) is 2.62. The Kier molecular flexibility index (Phi) is 6.56. The molecular formula is C19H29N3O3. The molecule has 0 radical (unpaired) electrons. The van der Waals surface area contributed by atoms with Gasteiger partial charge in [-0.1, -0.05) is 6.92 Å². The van der Waals surface area contributed by atoms with Crippen LogP contribution in [0.4, 0.5) is 5.69 Å². The maximum atomic E-state index is 12.3. The standard InChI is InChI=1S/C19H29N3O3/c1-4-19(2,3)22-17(23)14-5-7-15(8-6-14)21-18(24)16(20)13-9-11-25-12-10-13/h5-8,13,16H,4,9-12,20H2,1-3H3,(H,21,24)(H,22,23). The lowest BCUT2D eigenvalue weighted by molar-refractivity contribution is -0.119. The number of carbonyl (C=O) groups is 2. The molecule has 2 amide bonds. The Morgan fingerprint density at radius 1 is 1.24 bits per heavy atom. The van der Waals surface area contributed by atoms with Crippen molar-refractivity contribution in [3.8, 4) is 0 Å². The molecule has 1 saturated heterocycles. The molecule has 4 N–H and O–H groups in total. The van der Waals surface area contributed by atoms with Crippen LogP contribution in [0.3, 0.4) is 0 Å². The lowest BCUT2D eigenvalue weighted by Gasteiger charge is -2.26. The van der Waals surface area contributed by atoms with E-state index in [4.69, 9.17) is 10.5 Å². The van der Waals surface area contributed by atoms with Crippen LogP contribution in [0, 0.1) is 5.92 Å². The molecule has 6 nitrogen and oxygen atoms in total. The third kappa shape index (κ3) is 5.54. The molecule has 0 spiro atoms. The maximum absolute atomic E-state index is 12.3. The minimum absolute atomic E-state index is 0.122. The summed E-state index contributed by atoms with van der Waals surface area (Å²) in [5.41, 5.74) is 7.02. The van der Waals surface area contributed by atoms with Crippen molar-refractivity contribution in [3.63, 3.8) is 0 Å². The lowest BCUT2D eigenvalue weighted by atomic mass is 9.92. The van der Waals surface area contributed by atoms with Crippen LogP contribution >= 0.6 is 0 Å². The Balaban J connectivity index is 1.93. The Morgan fingerprint density at radius 3 is 2.40 bits per heavy atom. The highest BCUT2D eigenvalue weighted by Crippen LogP contribution is 2.19. The monoisotopic (exact) mass is 347 g/mol. The molecule has 2 rings (SSSR count). The summed E-state index contributed by atoms with van der Waals surface area (Å²) in [5, 5.41) is 5.81. The van der Waals surface area contributed by atoms with E-state index in [2.05, 4.69) is 10.6 Å². The van der Waals surface area contributed by atoms with Gasteiger partial charge in [0.15, 0.2) is 0 Å². The van der Waals surface area contributed by atoms with Crippen molar-refractivity contribution in [1.82, 2.24) is 5.32 Å². The average molecular weight is 347 g/mol. The Hall–Kier alpha value is -1.92. The van der Waals surface area contributed by atoms with Crippen LogP contribution in [0.5, 0.6) is 0 Å². The molecule has 1 aliphatic rings. The fourth-order valence-corrected chi connectivity index (χ4v) is 2.69. The quantitative estimate of drug-likeness (QED) is 0.736. The van der Waals surface area contributed by atoms with Crippen LogP contribution in [-0.2, 0) is 9.53 Å². The summed E-state index contributed by atoms with van der Waals surface area (Å²) in [6, 6.07) is 6.32. The van der Waals surface area contributed by atoms with Gasteiger partial charge in [-0.25, -0.2) is 0 Å². The zero-order valence-electron chi connectivity index (χ0n) is 15.3. The van der Waals surface area contributed by atoms with Gasteiger partial charge in [-0.2, -0.15) is 0 Å². The highest BCUT2D eigenvalue weighted by atomic mass is 16.5. The number of nitrogens with one attached hydrogen (secondary N) is 2. The predicted molar refractivity (Wildman–Crippen MR) is 98.4 cm³/mol. The van der Waals surface area contributed by atoms with E-state index in [1.165, 1.54) is 0 Å². The molecule has 1 unspecified atom stereocenters. The van der Waals surface area contributed by atoms with E-state index in [0.29, 0.717) is 24.5 Å². The molecule has 1 aromatic carbocycles. The van der Waals surface area contributed by atoms with E-state index < -0.39 is 6.04 Å². The van der Waals surface area contributed by atoms with Gasteiger partial charge < -0.3 is 21.1 Å². The Morgan fingerprint density at radius 2 is 1.84 bits per heavy atom. The van der Waals surface area contributed by atoms with E-state index in [0.717, 1.165) is 19.3 Å². The summed E-state index contributed by atoms with van der Waals surface area (Å²) in [5.74, 6) is -0.171. The second-order valence-corrected chi connectivity index (χ2v) is 7.23. The van der Waals surface area contributed by atoms with Crippen LogP contribution in [0.2, 0.25) is 0 Å². The molecule has 0 aliphatic carbocycles. The van der Waals surface area contributed by atoms with Gasteiger partial charge in [-0.3, -0.25) is 9.59 Å². The van der Waals surface area contributed by atoms with Gasteiger partial charge in [0.2, 0.25) is 5.91 Å². The van der Waals surface area contributed by atoms with Crippen molar-refractivity contribution in [2.24, 2.45) is 11.7 Å². The number of hydrogen-bond donors (Lipinski definition) is 3. The van der Waals surface area contributed by atoms with Crippen LogP contribution < -0.4 is 16.4 Å². The first-order chi connectivity index (χ1) is 11.8. The highest BCUT2D eigenvalue weighted by Gasteiger charge is 2.26. The number of amides is 2. The smallest absolute Gasteiger partial charge is 0.251 e. The third-order valence-corrected chi connectivity index (χ3v) is 4.83. The number of rotatable bonds is 6. The molecule has 1 aliphatic heterocycles. The Labute approximate surface area is 149 Å². The molecule has 1 heterocycles. The molecule has 1 atom stereocenters. The number of nitrogens with two attached hydrogens (primary N) is 1. The van der Waals surface area contributed by atoms with E-state index in [1.54, 1.807) is 24.3 Å². The molecule has 1 aromatic rings. The molecule has 25 heavy (non-hydrogen) atoms. The largest absolute Gasteiger partial charge is 0.381 e. The first-order valence-corrected chi connectivity index (χ1v) is 8.89. The summed E-state index contributed by atoms with van der Waals surface area (Å²) in [7, 11) is 0. The SMILES string of the molecule is CCC(C)(C)NC(=O)c1ccc(NC(=O)C(N)C2CCOCC2)cc1. The third-order valence-electron chi connectivity index (χ3n) is 4.83.